The predicted octanol–water partition coefficient (Wildman–Crippen LogP) is 14.6. The van der Waals surface area contributed by atoms with Gasteiger partial charge in [0.25, 0.3) is 0 Å². The largest absolute Gasteiger partial charge is 0.310 e. The normalized spacial score (nSPS) is 26.0. The first-order valence-corrected chi connectivity index (χ1v) is 21.2. The van der Waals surface area contributed by atoms with Gasteiger partial charge in [-0.2, -0.15) is 0 Å². The van der Waals surface area contributed by atoms with E-state index in [1.54, 1.807) is 11.1 Å². The molecule has 0 N–H and O–H groups in total. The third-order valence-corrected chi connectivity index (χ3v) is 15.3. The van der Waals surface area contributed by atoms with Gasteiger partial charge in [0.2, 0.25) is 0 Å². The van der Waals surface area contributed by atoms with Gasteiger partial charge in [0.15, 0.2) is 0 Å². The molecule has 6 aliphatic rings. The number of hydrogen-bond acceptors (Lipinski definition) is 1. The van der Waals surface area contributed by atoms with Crippen LogP contribution in [0.2, 0.25) is 0 Å². The van der Waals surface area contributed by atoms with E-state index in [4.69, 9.17) is 0 Å². The molecule has 4 fully saturated rings. The lowest BCUT2D eigenvalue weighted by molar-refractivity contribution is -0.0399. The summed E-state index contributed by atoms with van der Waals surface area (Å²) in [6, 6.07) is 53.7. The second-order valence-corrected chi connectivity index (χ2v) is 19.2. The highest BCUT2D eigenvalue weighted by molar-refractivity contribution is 5.96. The Morgan fingerprint density at radius 1 is 0.436 bits per heavy atom. The van der Waals surface area contributed by atoms with Crippen molar-refractivity contribution in [3.8, 4) is 33.4 Å². The average Bonchev–Trinajstić information content (AvgIpc) is 3.49. The Morgan fingerprint density at radius 3 is 1.71 bits per heavy atom. The quantitative estimate of drug-likeness (QED) is 0.172. The zero-order chi connectivity index (χ0) is 37.1. The molecule has 0 amide bonds. The highest BCUT2D eigenvalue weighted by Crippen LogP contribution is 2.70. The van der Waals surface area contributed by atoms with E-state index in [0.717, 1.165) is 23.7 Å². The molecule has 6 aliphatic carbocycles. The van der Waals surface area contributed by atoms with Gasteiger partial charge in [0.1, 0.15) is 0 Å². The molecule has 1 nitrogen and oxygen atoms in total. The van der Waals surface area contributed by atoms with Crippen molar-refractivity contribution in [2.24, 2.45) is 23.7 Å². The van der Waals surface area contributed by atoms with Gasteiger partial charge in [0.05, 0.1) is 11.4 Å². The number of fused-ring (bicyclic) bond motifs is 4. The van der Waals surface area contributed by atoms with Crippen LogP contribution in [0.3, 0.4) is 0 Å². The van der Waals surface area contributed by atoms with Gasteiger partial charge in [-0.15, -0.1) is 0 Å². The first kappa shape index (κ1) is 33.5. The maximum absolute atomic E-state index is 2.71. The smallest absolute Gasteiger partial charge is 0.0546 e. The third kappa shape index (κ3) is 4.90. The lowest BCUT2D eigenvalue weighted by atomic mass is 9.43. The van der Waals surface area contributed by atoms with Crippen molar-refractivity contribution in [3.63, 3.8) is 0 Å². The molecule has 6 aromatic rings. The maximum atomic E-state index is 2.71. The molecule has 0 heterocycles. The van der Waals surface area contributed by atoms with Crippen LogP contribution in [-0.2, 0) is 16.2 Å². The van der Waals surface area contributed by atoms with Crippen molar-refractivity contribution in [3.05, 3.63) is 162 Å². The first-order valence-electron chi connectivity index (χ1n) is 21.2. The predicted molar refractivity (Wildman–Crippen MR) is 231 cm³/mol. The molecule has 6 aromatic carbocycles. The summed E-state index contributed by atoms with van der Waals surface area (Å²) in [5.41, 5.74) is 18.4. The van der Waals surface area contributed by atoms with Crippen LogP contribution in [0.15, 0.2) is 140 Å². The summed E-state index contributed by atoms with van der Waals surface area (Å²) in [6.07, 6.45) is 9.40. The van der Waals surface area contributed by atoms with Crippen molar-refractivity contribution in [2.45, 2.75) is 88.9 Å². The lowest BCUT2D eigenvalue weighted by Gasteiger charge is -2.61. The molecule has 4 bridgehead atoms. The highest BCUT2D eigenvalue weighted by atomic mass is 15.1. The summed E-state index contributed by atoms with van der Waals surface area (Å²) in [5.74, 6) is 3.30. The van der Waals surface area contributed by atoms with E-state index in [0.29, 0.717) is 0 Å². The molecule has 1 spiro atoms. The van der Waals surface area contributed by atoms with Crippen molar-refractivity contribution in [1.29, 1.82) is 0 Å². The summed E-state index contributed by atoms with van der Waals surface area (Å²) < 4.78 is 0. The molecule has 0 unspecified atom stereocenters. The van der Waals surface area contributed by atoms with E-state index in [1.807, 2.05) is 0 Å². The molecule has 0 atom stereocenters. The summed E-state index contributed by atoms with van der Waals surface area (Å²) in [7, 11) is 0. The number of hydrogen-bond donors (Lipinski definition) is 0. The van der Waals surface area contributed by atoms with Gasteiger partial charge in [-0.25, -0.2) is 0 Å². The highest BCUT2D eigenvalue weighted by Gasteiger charge is 2.61. The number of rotatable bonds is 5. The van der Waals surface area contributed by atoms with Crippen LogP contribution in [0, 0.1) is 23.7 Å². The molecule has 0 radical (unpaired) electrons. The van der Waals surface area contributed by atoms with Crippen LogP contribution < -0.4 is 4.90 Å². The summed E-state index contributed by atoms with van der Waals surface area (Å²) in [5, 5.41) is 0. The molecule has 0 saturated heterocycles. The summed E-state index contributed by atoms with van der Waals surface area (Å²) >= 11 is 0. The summed E-state index contributed by atoms with van der Waals surface area (Å²) in [6.45, 7) is 9.87. The maximum Gasteiger partial charge on any atom is 0.0546 e. The number of benzene rings is 6. The molecule has 12 rings (SSSR count). The van der Waals surface area contributed by atoms with Gasteiger partial charge in [-0.3, -0.25) is 0 Å². The zero-order valence-corrected chi connectivity index (χ0v) is 33.0. The zero-order valence-electron chi connectivity index (χ0n) is 33.0. The molecule has 4 saturated carbocycles. The van der Waals surface area contributed by atoms with E-state index in [9.17, 15) is 0 Å². The van der Waals surface area contributed by atoms with Gasteiger partial charge in [-0.05, 0) is 160 Å². The molecule has 274 valence electrons. The van der Waals surface area contributed by atoms with E-state index >= 15 is 0 Å². The van der Waals surface area contributed by atoms with Crippen LogP contribution in [0.5, 0.6) is 0 Å². The monoisotopic (exact) mass is 715 g/mol. The molecular formula is C54H53N. The Labute approximate surface area is 328 Å². The molecule has 0 aromatic heterocycles. The second kappa shape index (κ2) is 12.1. The SMILES string of the molecule is CC1(C)CCC(C)(C)c2c(N(c3ccc(-c4ccccc4)cc3)c3cc4c(cc3-c3ccccc3)C3(c5ccccc5-4)C4CC5CC(C4)CC3C5)cccc21. The minimum atomic E-state index is 0.0321. The minimum Gasteiger partial charge on any atom is -0.310 e. The number of nitrogens with zero attached hydrogens (tertiary/aromatic N) is 1. The molecule has 55 heavy (non-hydrogen) atoms. The Bertz CT molecular complexity index is 2400. The van der Waals surface area contributed by atoms with Crippen LogP contribution >= 0.6 is 0 Å². The lowest BCUT2D eigenvalue weighted by Crippen LogP contribution is -2.55. The van der Waals surface area contributed by atoms with Gasteiger partial charge < -0.3 is 4.90 Å². The van der Waals surface area contributed by atoms with E-state index < -0.39 is 0 Å². The fourth-order valence-electron chi connectivity index (χ4n) is 12.9. The van der Waals surface area contributed by atoms with Crippen molar-refractivity contribution in [1.82, 2.24) is 0 Å². The van der Waals surface area contributed by atoms with Crippen molar-refractivity contribution < 1.29 is 0 Å². The minimum absolute atomic E-state index is 0.0321. The van der Waals surface area contributed by atoms with Crippen LogP contribution in [0.1, 0.15) is 94.9 Å². The standard InChI is InChI=1S/C54H53N/c1-52(2)26-27-53(3,4)51-47(52)20-13-21-49(51)55(42-24-22-38(23-25-42)37-14-7-5-8-15-37)50-34-45-43-18-11-12-19-46(43)54(40-29-35-28-36(31-40)32-41(54)30-35)48(45)33-44(50)39-16-9-6-10-17-39/h5-25,33-36,40-41H,26-32H2,1-4H3. The van der Waals surface area contributed by atoms with Gasteiger partial charge in [-0.1, -0.05) is 137 Å². The fourth-order valence-corrected chi connectivity index (χ4v) is 12.9. The van der Waals surface area contributed by atoms with E-state index in [-0.39, 0.29) is 16.2 Å². The van der Waals surface area contributed by atoms with E-state index in [2.05, 4.69) is 172 Å². The molecular weight excluding hydrogens is 663 g/mol. The first-order chi connectivity index (χ1) is 26.7. The Balaban J connectivity index is 1.21. The summed E-state index contributed by atoms with van der Waals surface area (Å²) in [4.78, 5) is 2.66. The second-order valence-electron chi connectivity index (χ2n) is 19.2. The van der Waals surface area contributed by atoms with Crippen molar-refractivity contribution >= 4 is 17.1 Å². The van der Waals surface area contributed by atoms with Crippen LogP contribution in [0.25, 0.3) is 33.4 Å². The molecule has 0 aliphatic heterocycles. The average molecular weight is 716 g/mol. The van der Waals surface area contributed by atoms with Crippen molar-refractivity contribution in [2.75, 3.05) is 4.90 Å². The van der Waals surface area contributed by atoms with Crippen LogP contribution in [-0.4, -0.2) is 0 Å². The Hall–Kier alpha value is -4.88. The third-order valence-electron chi connectivity index (χ3n) is 15.3. The number of anilines is 3. The van der Waals surface area contributed by atoms with Crippen LogP contribution in [0.4, 0.5) is 17.1 Å². The topological polar surface area (TPSA) is 3.24 Å². The van der Waals surface area contributed by atoms with Gasteiger partial charge >= 0.3 is 0 Å². The van der Waals surface area contributed by atoms with E-state index in [1.165, 1.54) is 107 Å². The molecule has 1 heteroatoms. The Kier molecular flexibility index (Phi) is 7.34. The Morgan fingerprint density at radius 2 is 1.02 bits per heavy atom. The fraction of sp³-hybridized carbons (Fsp3) is 0.333. The van der Waals surface area contributed by atoms with Gasteiger partial charge in [0, 0.05) is 16.7 Å².